The maximum Gasteiger partial charge on any atom is 0.136 e. The van der Waals surface area contributed by atoms with Crippen molar-refractivity contribution in [1.82, 2.24) is 0 Å². The van der Waals surface area contributed by atoms with Crippen LogP contribution in [0.5, 0.6) is 0 Å². The lowest BCUT2D eigenvalue weighted by molar-refractivity contribution is 0.598. The minimum Gasteiger partial charge on any atom is -0.277 e. The molecule has 0 saturated carbocycles. The molecule has 81 valence electrons. The third-order valence-corrected chi connectivity index (χ3v) is 3.66. The molecule has 0 unspecified atom stereocenters. The summed E-state index contributed by atoms with van der Waals surface area (Å²) in [6.45, 7) is 0. The highest BCUT2D eigenvalue weighted by Gasteiger charge is 2.07. The molecule has 1 radical (unpaired) electrons. The van der Waals surface area contributed by atoms with Gasteiger partial charge in [-0.05, 0) is 48.5 Å². The Morgan fingerprint density at radius 3 is 1.31 bits per heavy atom. The zero-order valence-electron chi connectivity index (χ0n) is 8.23. The Balaban J connectivity index is 2.32. The molecule has 0 amide bonds. The molecule has 0 aromatic heterocycles. The highest BCUT2D eigenvalue weighted by Crippen LogP contribution is 2.19. The first-order valence-electron chi connectivity index (χ1n) is 4.65. The highest BCUT2D eigenvalue weighted by atomic mass is 31.1. The van der Waals surface area contributed by atoms with Crippen LogP contribution in [-0.4, -0.2) is 0 Å². The normalized spacial score (nSPS) is 10.1. The molecule has 0 fully saturated rings. The van der Waals surface area contributed by atoms with Crippen LogP contribution in [0.15, 0.2) is 48.5 Å². The van der Waals surface area contributed by atoms with Crippen molar-refractivity contribution in [3.8, 4) is 0 Å². The van der Waals surface area contributed by atoms with Crippen molar-refractivity contribution in [2.24, 2.45) is 0 Å². The molecule has 0 N–H and O–H groups in total. The number of rotatable bonds is 2. The summed E-state index contributed by atoms with van der Waals surface area (Å²) in [5.74, 6) is -0.738. The van der Waals surface area contributed by atoms with Gasteiger partial charge in [0.1, 0.15) is 19.4 Å². The average molecular weight is 237 g/mol. The molecule has 2 aromatic rings. The lowest BCUT2D eigenvalue weighted by Gasteiger charge is -2.01. The van der Waals surface area contributed by atoms with Gasteiger partial charge in [-0.15, -0.1) is 0 Å². The quantitative estimate of drug-likeness (QED) is 0.734. The summed E-state index contributed by atoms with van der Waals surface area (Å²) in [6.07, 6.45) is 0. The molecule has 0 aliphatic heterocycles. The summed E-state index contributed by atoms with van der Waals surface area (Å²) in [5, 5.41) is 1.06. The fourth-order valence-corrected chi connectivity index (χ4v) is 2.44. The zero-order valence-corrected chi connectivity index (χ0v) is 9.12. The van der Waals surface area contributed by atoms with E-state index in [4.69, 9.17) is 0 Å². The molecular formula is C12H8F2OP. The maximum absolute atomic E-state index is 12.7. The lowest BCUT2D eigenvalue weighted by atomic mass is 10.3. The lowest BCUT2D eigenvalue weighted by Crippen LogP contribution is -2.06. The van der Waals surface area contributed by atoms with Gasteiger partial charge in [0, 0.05) is 10.6 Å². The van der Waals surface area contributed by atoms with Crippen LogP contribution in [0.3, 0.4) is 0 Å². The molecule has 16 heavy (non-hydrogen) atoms. The zero-order chi connectivity index (χ0) is 11.5. The number of hydrogen-bond acceptors (Lipinski definition) is 1. The SMILES string of the molecule is O=[P](c1ccc(F)cc1)c1ccc(F)cc1. The van der Waals surface area contributed by atoms with Crippen LogP contribution in [0.25, 0.3) is 0 Å². The van der Waals surface area contributed by atoms with Crippen molar-refractivity contribution >= 4 is 18.4 Å². The Morgan fingerprint density at radius 2 is 1.00 bits per heavy atom. The summed E-state index contributed by atoms with van der Waals surface area (Å²) in [5.41, 5.74) is 0. The van der Waals surface area contributed by atoms with E-state index in [-0.39, 0.29) is 11.6 Å². The smallest absolute Gasteiger partial charge is 0.136 e. The van der Waals surface area contributed by atoms with Crippen LogP contribution < -0.4 is 10.6 Å². The van der Waals surface area contributed by atoms with Crippen molar-refractivity contribution in [3.05, 3.63) is 60.2 Å². The van der Waals surface area contributed by atoms with Crippen LogP contribution in [0.2, 0.25) is 0 Å². The van der Waals surface area contributed by atoms with Crippen molar-refractivity contribution in [2.45, 2.75) is 0 Å². The molecule has 0 aliphatic rings. The van der Waals surface area contributed by atoms with E-state index >= 15 is 0 Å². The van der Waals surface area contributed by atoms with Crippen LogP contribution >= 0.6 is 7.80 Å². The van der Waals surface area contributed by atoms with Crippen molar-refractivity contribution in [2.75, 3.05) is 0 Å². The van der Waals surface area contributed by atoms with Gasteiger partial charge in [-0.1, -0.05) is 0 Å². The minimum atomic E-state index is -1.78. The second-order valence-corrected chi connectivity index (χ2v) is 4.87. The van der Waals surface area contributed by atoms with Crippen LogP contribution in [-0.2, 0) is 4.57 Å². The maximum atomic E-state index is 12.7. The second-order valence-electron chi connectivity index (χ2n) is 3.25. The molecule has 0 aliphatic carbocycles. The van der Waals surface area contributed by atoms with E-state index in [1.54, 1.807) is 0 Å². The third kappa shape index (κ3) is 2.31. The second kappa shape index (κ2) is 4.50. The van der Waals surface area contributed by atoms with E-state index in [0.717, 1.165) is 0 Å². The molecule has 0 saturated heterocycles. The Morgan fingerprint density at radius 1 is 0.688 bits per heavy atom. The monoisotopic (exact) mass is 237 g/mol. The van der Waals surface area contributed by atoms with E-state index in [9.17, 15) is 13.3 Å². The van der Waals surface area contributed by atoms with E-state index < -0.39 is 7.80 Å². The molecular weight excluding hydrogens is 229 g/mol. The highest BCUT2D eigenvalue weighted by molar-refractivity contribution is 7.61. The summed E-state index contributed by atoms with van der Waals surface area (Å²) >= 11 is 0. The first-order chi connectivity index (χ1) is 7.66. The fourth-order valence-electron chi connectivity index (χ4n) is 1.30. The summed E-state index contributed by atoms with van der Waals surface area (Å²) in [7, 11) is -1.78. The molecule has 0 heterocycles. The van der Waals surface area contributed by atoms with Gasteiger partial charge in [0.05, 0.1) is 0 Å². The fraction of sp³-hybridized carbons (Fsp3) is 0. The van der Waals surface area contributed by atoms with Crippen LogP contribution in [0, 0.1) is 11.6 Å². The van der Waals surface area contributed by atoms with Gasteiger partial charge >= 0.3 is 0 Å². The number of halogens is 2. The predicted octanol–water partition coefficient (Wildman–Crippen LogP) is 2.74. The average Bonchev–Trinajstić information content (AvgIpc) is 2.30. The molecule has 0 spiro atoms. The Labute approximate surface area is 92.5 Å². The molecule has 4 heteroatoms. The van der Waals surface area contributed by atoms with Gasteiger partial charge in [0.25, 0.3) is 0 Å². The van der Waals surface area contributed by atoms with Crippen molar-refractivity contribution < 1.29 is 13.3 Å². The molecule has 2 aromatic carbocycles. The largest absolute Gasteiger partial charge is 0.277 e. The van der Waals surface area contributed by atoms with Gasteiger partial charge < -0.3 is 0 Å². The van der Waals surface area contributed by atoms with E-state index in [0.29, 0.717) is 10.6 Å². The Kier molecular flexibility index (Phi) is 3.07. The Hall–Kier alpha value is -1.60. The summed E-state index contributed by atoms with van der Waals surface area (Å²) < 4.78 is 37.3. The van der Waals surface area contributed by atoms with Gasteiger partial charge in [-0.3, -0.25) is 4.57 Å². The number of benzene rings is 2. The molecule has 2 rings (SSSR count). The minimum absolute atomic E-state index is 0.369. The van der Waals surface area contributed by atoms with E-state index in [1.807, 2.05) is 0 Å². The molecule has 0 atom stereocenters. The Bertz CT molecular complexity index is 458. The predicted molar refractivity (Wildman–Crippen MR) is 59.7 cm³/mol. The summed E-state index contributed by atoms with van der Waals surface area (Å²) in [6, 6.07) is 10.9. The molecule has 0 bridgehead atoms. The van der Waals surface area contributed by atoms with Crippen LogP contribution in [0.1, 0.15) is 0 Å². The first-order valence-corrected chi connectivity index (χ1v) is 5.91. The van der Waals surface area contributed by atoms with Gasteiger partial charge in [0.2, 0.25) is 0 Å². The summed E-state index contributed by atoms with van der Waals surface area (Å²) in [4.78, 5) is 0. The van der Waals surface area contributed by atoms with Gasteiger partial charge in [-0.25, -0.2) is 8.78 Å². The van der Waals surface area contributed by atoms with Crippen LogP contribution in [0.4, 0.5) is 8.78 Å². The topological polar surface area (TPSA) is 17.1 Å². The number of hydrogen-bond donors (Lipinski definition) is 0. The standard InChI is InChI=1S/C12H8F2OP/c13-9-1-5-11(6-2-9)16(15)12-7-3-10(14)4-8-12/h1-8H. The van der Waals surface area contributed by atoms with Crippen molar-refractivity contribution in [1.29, 1.82) is 0 Å². The van der Waals surface area contributed by atoms with Crippen molar-refractivity contribution in [3.63, 3.8) is 0 Å². The van der Waals surface area contributed by atoms with Gasteiger partial charge in [-0.2, -0.15) is 0 Å². The van der Waals surface area contributed by atoms with Gasteiger partial charge in [0.15, 0.2) is 0 Å². The first kappa shape index (κ1) is 10.9. The van der Waals surface area contributed by atoms with E-state index in [1.165, 1.54) is 48.5 Å². The third-order valence-electron chi connectivity index (χ3n) is 2.12. The molecule has 1 nitrogen and oxygen atoms in total. The van der Waals surface area contributed by atoms with E-state index in [2.05, 4.69) is 0 Å².